The number of anilines is 2. The lowest BCUT2D eigenvalue weighted by Crippen LogP contribution is -2.71. The van der Waals surface area contributed by atoms with Gasteiger partial charge in [0.25, 0.3) is 11.8 Å². The summed E-state index contributed by atoms with van der Waals surface area (Å²) < 4.78 is 6.83. The Morgan fingerprint density at radius 3 is 2.59 bits per heavy atom. The van der Waals surface area contributed by atoms with Crippen molar-refractivity contribution in [3.8, 4) is 0 Å². The summed E-state index contributed by atoms with van der Waals surface area (Å²) in [5.74, 6) is -5.09. The topological polar surface area (TPSA) is 320 Å². The molecule has 1 saturated heterocycles. The Kier molecular flexibility index (Phi) is 8.96. The molecule has 0 radical (unpaired) electrons. The number of oxime groups is 1. The molecule has 44 heavy (non-hydrogen) atoms. The van der Waals surface area contributed by atoms with Crippen molar-refractivity contribution in [3.63, 3.8) is 0 Å². The van der Waals surface area contributed by atoms with Gasteiger partial charge in [0, 0.05) is 22.9 Å². The lowest BCUT2D eigenvalue weighted by Gasteiger charge is -2.50. The molecular weight excluding hydrogens is 624 g/mol. The molecule has 1 fully saturated rings. The lowest BCUT2D eigenvalue weighted by atomic mass is 10.0. The van der Waals surface area contributed by atoms with Crippen LogP contribution in [0.3, 0.4) is 0 Å². The first-order valence-electron chi connectivity index (χ1n) is 12.5. The molecule has 2 aromatic heterocycles. The monoisotopic (exact) mass is 652 g/mol. The van der Waals surface area contributed by atoms with Crippen LogP contribution < -0.4 is 38.0 Å². The van der Waals surface area contributed by atoms with Crippen LogP contribution in [0.25, 0.3) is 0 Å². The zero-order chi connectivity index (χ0) is 32.5. The Bertz CT molecular complexity index is 1610. The first-order valence-corrected chi connectivity index (χ1v) is 14.4. The molecule has 2 aliphatic heterocycles. The largest absolute Gasteiger partial charge is 0.543 e. The molecule has 22 heteroatoms. The molecule has 4 heterocycles. The van der Waals surface area contributed by atoms with Crippen LogP contribution in [0.4, 0.5) is 16.6 Å². The molecule has 0 bridgehead atoms. The summed E-state index contributed by atoms with van der Waals surface area (Å²) in [6.45, 7) is 2.04. The summed E-state index contributed by atoms with van der Waals surface area (Å²) >= 11 is 1.90. The summed E-state index contributed by atoms with van der Waals surface area (Å²) in [6.07, 6.45) is 1.45. The van der Waals surface area contributed by atoms with E-state index in [9.17, 15) is 34.5 Å². The summed E-state index contributed by atoms with van der Waals surface area (Å²) in [5, 5.41) is 36.3. The summed E-state index contributed by atoms with van der Waals surface area (Å²) in [5.41, 5.74) is 20.3. The molecule has 4 rings (SSSR count). The molecule has 2 amide bonds. The number of nitrogens with one attached hydrogen (secondary N) is 1. The second-order valence-electron chi connectivity index (χ2n) is 9.78. The number of rotatable bonds is 12. The summed E-state index contributed by atoms with van der Waals surface area (Å²) in [4.78, 5) is 64.0. The number of nitrogens with zero attached hydrogens (tertiary/aromatic N) is 7. The number of aliphatic hydroxyl groups is 1. The van der Waals surface area contributed by atoms with Gasteiger partial charge in [-0.2, -0.15) is 9.36 Å². The van der Waals surface area contributed by atoms with Crippen LogP contribution in [0.5, 0.6) is 0 Å². The molecule has 0 saturated carbocycles. The van der Waals surface area contributed by atoms with E-state index in [1.807, 2.05) is 0 Å². The average Bonchev–Trinajstić information content (AvgIpc) is 3.49. The fourth-order valence-corrected chi connectivity index (χ4v) is 5.93. The van der Waals surface area contributed by atoms with Crippen molar-refractivity contribution >= 4 is 75.4 Å². The lowest BCUT2D eigenvalue weighted by molar-refractivity contribution is -0.767. The second-order valence-corrected chi connectivity index (χ2v) is 11.7. The van der Waals surface area contributed by atoms with Crippen LogP contribution in [0, 0.1) is 0 Å². The highest BCUT2D eigenvalue weighted by atomic mass is 32.2. The molecule has 20 nitrogen and oxygen atoms in total. The molecule has 0 aromatic carbocycles. The molecule has 2 aromatic rings. The highest BCUT2D eigenvalue weighted by Gasteiger charge is 2.53. The van der Waals surface area contributed by atoms with Crippen molar-refractivity contribution in [2.75, 3.05) is 23.8 Å². The first-order chi connectivity index (χ1) is 20.7. The van der Waals surface area contributed by atoms with Gasteiger partial charge in [-0.25, -0.2) is 9.79 Å². The molecule has 0 aliphatic carbocycles. The molecule has 0 spiro atoms. The van der Waals surface area contributed by atoms with Gasteiger partial charge >= 0.3 is 5.97 Å². The van der Waals surface area contributed by atoms with E-state index in [1.54, 1.807) is 0 Å². The predicted octanol–water partition coefficient (Wildman–Crippen LogP) is -4.62. The van der Waals surface area contributed by atoms with Gasteiger partial charge in [-0.15, -0.1) is 21.1 Å². The van der Waals surface area contributed by atoms with Crippen LogP contribution in [0.1, 0.15) is 19.7 Å². The minimum atomic E-state index is -1.83. The van der Waals surface area contributed by atoms with Crippen molar-refractivity contribution < 1.29 is 44.0 Å². The number of β-lactam (4-membered cyclic amide) rings is 1. The SMILES string of the molecule is CC(C)(O/N=C(\C(=O)N[C@@H]1C(=O)N2C(C(=O)[O-])=C(C[n+]3cc(N=C(N)N)c(N)n3CCO)CS[C@H]12)c1nsc(N)n1)C(=O)O. The number of nitrogens with two attached hydrogens (primary N) is 4. The zero-order valence-electron chi connectivity index (χ0n) is 23.2. The summed E-state index contributed by atoms with van der Waals surface area (Å²) in [7, 11) is 0. The van der Waals surface area contributed by atoms with Crippen molar-refractivity contribution in [1.29, 1.82) is 0 Å². The van der Waals surface area contributed by atoms with Gasteiger partial charge in [0.15, 0.2) is 29.1 Å². The number of aliphatic imine (C=N–C) groups is 1. The molecule has 0 unspecified atom stereocenters. The maximum Gasteiger partial charge on any atom is 0.350 e. The second kappa shape index (κ2) is 12.3. The Balaban J connectivity index is 1.60. The van der Waals surface area contributed by atoms with E-state index in [4.69, 9.17) is 27.8 Å². The number of carbonyl (C=O) groups is 4. The van der Waals surface area contributed by atoms with Crippen LogP contribution >= 0.6 is 23.3 Å². The number of amides is 2. The van der Waals surface area contributed by atoms with E-state index in [1.165, 1.54) is 29.4 Å². The zero-order valence-corrected chi connectivity index (χ0v) is 24.8. The van der Waals surface area contributed by atoms with Crippen LogP contribution in [-0.4, -0.2) is 94.0 Å². The van der Waals surface area contributed by atoms with Gasteiger partial charge in [0.05, 0.1) is 18.3 Å². The molecule has 2 aliphatic rings. The highest BCUT2D eigenvalue weighted by Crippen LogP contribution is 2.40. The third-order valence-electron chi connectivity index (χ3n) is 6.31. The number of carbonyl (C=O) groups excluding carboxylic acids is 3. The number of thioether (sulfide) groups is 1. The molecular formula is C22H28N12O8S2. The van der Waals surface area contributed by atoms with Crippen LogP contribution in [0.15, 0.2) is 27.6 Å². The quantitative estimate of drug-likeness (QED) is 0.0373. The standard InChI is InChI=1S/C22H28N12O8S2/c1-22(2,19(40)41)42-30-10(14-29-21(26)44-31-14)15(36)28-11-16(37)34-12(18(38)39)8(7-43-17(11)34)5-32-6-9(27-20(24)25)13(23)33(32)3-4-35/h6,11,17,23,35H,3-5,7H2,1-2H3,(H9,24,25,26,27,28,29,31,36,38,39,40,41)/b30-10-/t11-,17-/m1/s1. The average molecular weight is 653 g/mol. The third-order valence-corrected chi connectivity index (χ3v) is 8.19. The van der Waals surface area contributed by atoms with Crippen molar-refractivity contribution in [1.82, 2.24) is 24.3 Å². The predicted molar refractivity (Wildman–Crippen MR) is 152 cm³/mol. The number of carboxylic acids is 2. The fraction of sp³-hybridized carbons (Fsp3) is 0.409. The number of aliphatic carboxylic acids is 2. The first kappa shape index (κ1) is 32.0. The van der Waals surface area contributed by atoms with E-state index >= 15 is 0 Å². The van der Waals surface area contributed by atoms with E-state index in [0.717, 1.165) is 28.2 Å². The summed E-state index contributed by atoms with van der Waals surface area (Å²) in [6, 6.07) is -1.20. The van der Waals surface area contributed by atoms with E-state index in [-0.39, 0.29) is 59.4 Å². The van der Waals surface area contributed by atoms with E-state index < -0.39 is 52.2 Å². The van der Waals surface area contributed by atoms with Crippen molar-refractivity contribution in [3.05, 3.63) is 23.3 Å². The van der Waals surface area contributed by atoms with Gasteiger partial charge in [-0.05, 0) is 13.8 Å². The third kappa shape index (κ3) is 6.21. The Morgan fingerprint density at radius 1 is 1.32 bits per heavy atom. The highest BCUT2D eigenvalue weighted by molar-refractivity contribution is 8.00. The number of nitrogen functional groups attached to an aromatic ring is 2. The number of hydrogen-bond donors (Lipinski definition) is 7. The smallest absolute Gasteiger partial charge is 0.350 e. The molecule has 2 atom stereocenters. The minimum Gasteiger partial charge on any atom is -0.543 e. The van der Waals surface area contributed by atoms with E-state index in [0.29, 0.717) is 0 Å². The number of guanidine groups is 1. The maximum absolute atomic E-state index is 13.2. The minimum absolute atomic E-state index is 0.0156. The van der Waals surface area contributed by atoms with Gasteiger partial charge in [0.2, 0.25) is 23.3 Å². The van der Waals surface area contributed by atoms with E-state index in [2.05, 4.69) is 24.8 Å². The number of carboxylic acid groups (broad SMARTS) is 2. The van der Waals surface area contributed by atoms with Gasteiger partial charge in [-0.3, -0.25) is 14.5 Å². The Morgan fingerprint density at radius 2 is 2.02 bits per heavy atom. The molecule has 11 N–H and O–H groups in total. The fourth-order valence-electron chi connectivity index (χ4n) is 4.16. The molecule has 236 valence electrons. The van der Waals surface area contributed by atoms with Crippen molar-refractivity contribution in [2.45, 2.75) is 44.0 Å². The Hall–Kier alpha value is -4.96. The van der Waals surface area contributed by atoms with Gasteiger partial charge < -0.3 is 53.2 Å². The Labute approximate surface area is 256 Å². The normalized spacial score (nSPS) is 18.4. The van der Waals surface area contributed by atoms with Gasteiger partial charge in [-0.1, -0.05) is 5.16 Å². The van der Waals surface area contributed by atoms with Crippen LogP contribution in [0.2, 0.25) is 0 Å². The number of hydrogen-bond acceptors (Lipinski definition) is 15. The van der Waals surface area contributed by atoms with Crippen LogP contribution in [-0.2, 0) is 37.1 Å². The number of aliphatic hydroxyl groups excluding tert-OH is 1. The van der Waals surface area contributed by atoms with Gasteiger partial charge in [0.1, 0.15) is 18.0 Å². The number of aromatic nitrogens is 4. The maximum atomic E-state index is 13.2. The number of fused-ring (bicyclic) bond motifs is 1. The van der Waals surface area contributed by atoms with Crippen molar-refractivity contribution in [2.24, 2.45) is 21.6 Å².